The van der Waals surface area contributed by atoms with Crippen LogP contribution >= 0.6 is 0 Å². The molecule has 0 amide bonds. The Bertz CT molecular complexity index is 199. The van der Waals surface area contributed by atoms with Crippen LogP contribution in [0.5, 0.6) is 0 Å². The Kier molecular flexibility index (Phi) is 2.03. The fourth-order valence-electron chi connectivity index (χ4n) is 2.04. The van der Waals surface area contributed by atoms with Crippen LogP contribution in [0.25, 0.3) is 0 Å². The van der Waals surface area contributed by atoms with Crippen LogP contribution in [0.3, 0.4) is 0 Å². The fraction of sp³-hybridized carbons (Fsp3) is 0.889. The topological polar surface area (TPSA) is 36.3 Å². The van der Waals surface area contributed by atoms with Crippen molar-refractivity contribution in [3.8, 4) is 6.07 Å². The molecule has 3 atom stereocenters. The van der Waals surface area contributed by atoms with Crippen molar-refractivity contribution in [2.75, 3.05) is 13.1 Å². The highest BCUT2D eigenvalue weighted by Gasteiger charge is 2.35. The molecule has 2 rings (SSSR count). The van der Waals surface area contributed by atoms with E-state index in [1.54, 1.807) is 0 Å². The van der Waals surface area contributed by atoms with Crippen LogP contribution in [0, 0.1) is 11.3 Å². The average molecular weight is 166 g/mol. The molecule has 2 aliphatic rings. The molecule has 2 fully saturated rings. The van der Waals surface area contributed by atoms with Gasteiger partial charge in [0.25, 0.3) is 0 Å². The Morgan fingerprint density at radius 1 is 1.42 bits per heavy atom. The number of likely N-dealkylation sites (tertiary alicyclic amines) is 1. The largest absolute Gasteiger partial charge is 0.372 e. The van der Waals surface area contributed by atoms with Gasteiger partial charge in [0.2, 0.25) is 0 Å². The molecule has 66 valence electrons. The van der Waals surface area contributed by atoms with E-state index in [0.717, 1.165) is 13.1 Å². The lowest BCUT2D eigenvalue weighted by atomic mass is 10.2. The Labute approximate surface area is 72.9 Å². The van der Waals surface area contributed by atoms with Crippen molar-refractivity contribution < 1.29 is 4.74 Å². The van der Waals surface area contributed by atoms with Crippen LogP contribution in [-0.4, -0.2) is 36.2 Å². The van der Waals surface area contributed by atoms with Gasteiger partial charge < -0.3 is 4.74 Å². The van der Waals surface area contributed by atoms with Gasteiger partial charge >= 0.3 is 0 Å². The van der Waals surface area contributed by atoms with E-state index < -0.39 is 0 Å². The standard InChI is InChI=1S/C9H14N2O/c1-7(4-10)11-5-8-2-3-9(6-11)12-8/h7-9H,2-3,5-6H2,1H3. The SMILES string of the molecule is CC(C#N)N1CC2CCC(C1)O2. The highest BCUT2D eigenvalue weighted by atomic mass is 16.5. The van der Waals surface area contributed by atoms with Gasteiger partial charge in [-0.3, -0.25) is 4.90 Å². The Morgan fingerprint density at radius 3 is 2.50 bits per heavy atom. The second kappa shape index (κ2) is 3.04. The lowest BCUT2D eigenvalue weighted by Crippen LogP contribution is -2.46. The fourth-order valence-corrected chi connectivity index (χ4v) is 2.04. The summed E-state index contributed by atoms with van der Waals surface area (Å²) >= 11 is 0. The zero-order valence-corrected chi connectivity index (χ0v) is 7.36. The predicted molar refractivity (Wildman–Crippen MR) is 44.5 cm³/mol. The number of nitrogens with zero attached hydrogens (tertiary/aromatic N) is 2. The first-order valence-corrected chi connectivity index (χ1v) is 4.58. The van der Waals surface area contributed by atoms with E-state index >= 15 is 0 Å². The molecule has 2 saturated heterocycles. The first kappa shape index (κ1) is 8.03. The molecule has 0 aromatic rings. The summed E-state index contributed by atoms with van der Waals surface area (Å²) in [6, 6.07) is 2.33. The van der Waals surface area contributed by atoms with Crippen molar-refractivity contribution in [1.29, 1.82) is 5.26 Å². The number of rotatable bonds is 1. The van der Waals surface area contributed by atoms with Gasteiger partial charge in [-0.2, -0.15) is 5.26 Å². The zero-order valence-electron chi connectivity index (χ0n) is 7.36. The third-order valence-corrected chi connectivity index (χ3v) is 2.81. The number of ether oxygens (including phenoxy) is 1. The van der Waals surface area contributed by atoms with Crippen molar-refractivity contribution in [3.63, 3.8) is 0 Å². The third-order valence-electron chi connectivity index (χ3n) is 2.81. The monoisotopic (exact) mass is 166 g/mol. The van der Waals surface area contributed by atoms with Crippen molar-refractivity contribution in [2.45, 2.75) is 38.0 Å². The lowest BCUT2D eigenvalue weighted by molar-refractivity contribution is -0.0439. The normalized spacial score (nSPS) is 37.7. The molecule has 2 bridgehead atoms. The number of nitriles is 1. The zero-order chi connectivity index (χ0) is 8.55. The molecular weight excluding hydrogens is 152 g/mol. The molecule has 0 spiro atoms. The van der Waals surface area contributed by atoms with Crippen molar-refractivity contribution in [2.24, 2.45) is 0 Å². The van der Waals surface area contributed by atoms with E-state index in [2.05, 4.69) is 11.0 Å². The summed E-state index contributed by atoms with van der Waals surface area (Å²) in [7, 11) is 0. The average Bonchev–Trinajstić information content (AvgIpc) is 2.44. The van der Waals surface area contributed by atoms with Gasteiger partial charge in [0.05, 0.1) is 24.3 Å². The molecule has 2 aliphatic heterocycles. The second-order valence-corrected chi connectivity index (χ2v) is 3.72. The summed E-state index contributed by atoms with van der Waals surface area (Å²) in [5.74, 6) is 0. The summed E-state index contributed by atoms with van der Waals surface area (Å²) in [5.41, 5.74) is 0. The Hall–Kier alpha value is -0.590. The van der Waals surface area contributed by atoms with E-state index in [4.69, 9.17) is 10.00 Å². The summed E-state index contributed by atoms with van der Waals surface area (Å²) in [6.07, 6.45) is 3.16. The van der Waals surface area contributed by atoms with Crippen LogP contribution in [-0.2, 0) is 4.74 Å². The maximum absolute atomic E-state index is 8.75. The minimum atomic E-state index is 0.0528. The van der Waals surface area contributed by atoms with Crippen LogP contribution in [0.15, 0.2) is 0 Å². The number of fused-ring (bicyclic) bond motifs is 2. The van der Waals surface area contributed by atoms with Crippen molar-refractivity contribution >= 4 is 0 Å². The van der Waals surface area contributed by atoms with E-state index in [-0.39, 0.29) is 6.04 Å². The first-order valence-electron chi connectivity index (χ1n) is 4.58. The van der Waals surface area contributed by atoms with Gasteiger partial charge in [0.1, 0.15) is 0 Å². The highest BCUT2D eigenvalue weighted by Crippen LogP contribution is 2.26. The minimum absolute atomic E-state index is 0.0528. The quantitative estimate of drug-likeness (QED) is 0.577. The van der Waals surface area contributed by atoms with Gasteiger partial charge in [-0.15, -0.1) is 0 Å². The molecule has 3 heteroatoms. The lowest BCUT2D eigenvalue weighted by Gasteiger charge is -2.33. The maximum Gasteiger partial charge on any atom is 0.0951 e. The summed E-state index contributed by atoms with van der Waals surface area (Å²) in [5, 5.41) is 8.75. The van der Waals surface area contributed by atoms with Crippen LogP contribution in [0.4, 0.5) is 0 Å². The van der Waals surface area contributed by atoms with E-state index in [1.807, 2.05) is 6.92 Å². The van der Waals surface area contributed by atoms with Crippen LogP contribution in [0.2, 0.25) is 0 Å². The maximum atomic E-state index is 8.75. The van der Waals surface area contributed by atoms with Gasteiger partial charge in [-0.25, -0.2) is 0 Å². The molecule has 3 unspecified atom stereocenters. The third kappa shape index (κ3) is 1.33. The molecule has 0 radical (unpaired) electrons. The number of morpholine rings is 1. The Morgan fingerprint density at radius 2 is 2.00 bits per heavy atom. The molecule has 2 heterocycles. The smallest absolute Gasteiger partial charge is 0.0951 e. The van der Waals surface area contributed by atoms with Gasteiger partial charge in [-0.1, -0.05) is 0 Å². The summed E-state index contributed by atoms with van der Waals surface area (Å²) in [6.45, 7) is 3.86. The Balaban J connectivity index is 1.99. The van der Waals surface area contributed by atoms with E-state index in [9.17, 15) is 0 Å². The van der Waals surface area contributed by atoms with Gasteiger partial charge in [-0.05, 0) is 19.8 Å². The van der Waals surface area contributed by atoms with Crippen LogP contribution < -0.4 is 0 Å². The molecule has 0 aliphatic carbocycles. The van der Waals surface area contributed by atoms with Gasteiger partial charge in [0, 0.05) is 13.1 Å². The highest BCUT2D eigenvalue weighted by molar-refractivity contribution is 4.94. The van der Waals surface area contributed by atoms with Gasteiger partial charge in [0.15, 0.2) is 0 Å². The van der Waals surface area contributed by atoms with E-state index in [1.165, 1.54) is 12.8 Å². The van der Waals surface area contributed by atoms with Crippen molar-refractivity contribution in [1.82, 2.24) is 4.90 Å². The molecule has 0 N–H and O–H groups in total. The molecule has 0 aromatic carbocycles. The molecule has 12 heavy (non-hydrogen) atoms. The van der Waals surface area contributed by atoms with Crippen molar-refractivity contribution in [3.05, 3.63) is 0 Å². The summed E-state index contributed by atoms with van der Waals surface area (Å²) < 4.78 is 5.67. The second-order valence-electron chi connectivity index (χ2n) is 3.72. The minimum Gasteiger partial charge on any atom is -0.372 e. The number of hydrogen-bond acceptors (Lipinski definition) is 3. The molecular formula is C9H14N2O. The number of hydrogen-bond donors (Lipinski definition) is 0. The molecule has 3 nitrogen and oxygen atoms in total. The predicted octanol–water partition coefficient (Wildman–Crippen LogP) is 0.762. The molecule has 0 saturated carbocycles. The summed E-state index contributed by atoms with van der Waals surface area (Å²) in [4.78, 5) is 2.23. The van der Waals surface area contributed by atoms with E-state index in [0.29, 0.717) is 12.2 Å². The first-order chi connectivity index (χ1) is 5.79. The van der Waals surface area contributed by atoms with Crippen LogP contribution in [0.1, 0.15) is 19.8 Å². The molecule has 0 aromatic heterocycles.